The number of para-hydroxylation sites is 1. The molecule has 1 heterocycles. The van der Waals surface area contributed by atoms with Gasteiger partial charge < -0.3 is 15.7 Å². The van der Waals surface area contributed by atoms with Crippen LogP contribution < -0.4 is 5.73 Å². The highest BCUT2D eigenvalue weighted by molar-refractivity contribution is 7.98. The van der Waals surface area contributed by atoms with Crippen molar-refractivity contribution in [1.29, 1.82) is 0 Å². The van der Waals surface area contributed by atoms with Crippen LogP contribution in [0.5, 0.6) is 0 Å². The van der Waals surface area contributed by atoms with Gasteiger partial charge >= 0.3 is 0 Å². The predicted octanol–water partition coefficient (Wildman–Crippen LogP) is 5.47. The first kappa shape index (κ1) is 25.5. The summed E-state index contributed by atoms with van der Waals surface area (Å²) in [7, 11) is 0. The van der Waals surface area contributed by atoms with Gasteiger partial charge in [-0.25, -0.2) is 0 Å². The molecule has 3 aromatic carbocycles. The highest BCUT2D eigenvalue weighted by atomic mass is 32.2. The summed E-state index contributed by atoms with van der Waals surface area (Å²) >= 11 is 1.67. The molecule has 5 nitrogen and oxygen atoms in total. The Morgan fingerprint density at radius 1 is 1.03 bits per heavy atom. The summed E-state index contributed by atoms with van der Waals surface area (Å²) in [5, 5.41) is 10.4. The lowest BCUT2D eigenvalue weighted by Crippen LogP contribution is -2.34. The maximum absolute atomic E-state index is 13.1. The highest BCUT2D eigenvalue weighted by Crippen LogP contribution is 2.45. The molecule has 0 aliphatic carbocycles. The van der Waals surface area contributed by atoms with Crippen molar-refractivity contribution in [1.82, 2.24) is 4.90 Å². The molecule has 1 unspecified atom stereocenters. The summed E-state index contributed by atoms with van der Waals surface area (Å²) < 4.78 is 0. The molecule has 0 amide bonds. The van der Waals surface area contributed by atoms with Gasteiger partial charge in [0.15, 0.2) is 5.78 Å². The Kier molecular flexibility index (Phi) is 8.08. The fourth-order valence-corrected chi connectivity index (χ4v) is 5.82. The van der Waals surface area contributed by atoms with Crippen molar-refractivity contribution in [2.75, 3.05) is 12.3 Å². The SMILES string of the molecule is CC(=O)C1=C(C)N(Cc2ccccc2N)C(CO)=C(C=O)C1c1ccccc1SCc1ccccc1. The Hall–Kier alpha value is -3.61. The molecular weight excluding hydrogens is 468 g/mol. The topological polar surface area (TPSA) is 83.6 Å². The number of hydrogen-bond donors (Lipinski definition) is 2. The zero-order chi connectivity index (χ0) is 25.7. The lowest BCUT2D eigenvalue weighted by molar-refractivity contribution is -0.114. The van der Waals surface area contributed by atoms with Gasteiger partial charge in [0.2, 0.25) is 0 Å². The first-order chi connectivity index (χ1) is 17.5. The van der Waals surface area contributed by atoms with E-state index in [1.165, 1.54) is 12.5 Å². The quantitative estimate of drug-likeness (QED) is 0.231. The van der Waals surface area contributed by atoms with Crippen LogP contribution in [0.1, 0.15) is 36.5 Å². The number of aliphatic hydroxyl groups is 1. The standard InChI is InChI=1S/C30H30N2O3S/c1-20-29(21(2)35)30(24-13-7-9-15-28(24)36-19-22-10-4-3-5-11-22)25(17-33)27(18-34)32(20)16-23-12-6-8-14-26(23)31/h3-15,17,30,34H,16,18-19,31H2,1-2H3. The molecule has 1 aliphatic rings. The number of Topliss-reactive ketones (excluding diaryl/α,β-unsaturated/α-hetero) is 1. The van der Waals surface area contributed by atoms with Crippen molar-refractivity contribution in [3.63, 3.8) is 0 Å². The van der Waals surface area contributed by atoms with E-state index >= 15 is 0 Å². The molecular formula is C30H30N2O3S. The average molecular weight is 499 g/mol. The van der Waals surface area contributed by atoms with Gasteiger partial charge in [-0.1, -0.05) is 66.7 Å². The zero-order valence-corrected chi connectivity index (χ0v) is 21.3. The van der Waals surface area contributed by atoms with Crippen molar-refractivity contribution >= 4 is 29.5 Å². The number of carbonyl (C=O) groups is 2. The van der Waals surface area contributed by atoms with E-state index in [0.717, 1.165) is 28.1 Å². The van der Waals surface area contributed by atoms with E-state index in [1.54, 1.807) is 11.8 Å². The third-order valence-corrected chi connectivity index (χ3v) is 7.72. The van der Waals surface area contributed by atoms with E-state index in [2.05, 4.69) is 12.1 Å². The number of aliphatic hydroxyl groups excluding tert-OH is 1. The smallest absolute Gasteiger partial charge is 0.158 e. The number of carbonyl (C=O) groups excluding carboxylic acids is 2. The lowest BCUT2D eigenvalue weighted by atomic mass is 9.78. The summed E-state index contributed by atoms with van der Waals surface area (Å²) in [6.07, 6.45) is 0.783. The molecule has 3 N–H and O–H groups in total. The molecule has 36 heavy (non-hydrogen) atoms. The number of nitrogens with zero attached hydrogens (tertiary/aromatic N) is 1. The second kappa shape index (κ2) is 11.4. The fourth-order valence-electron chi connectivity index (χ4n) is 4.78. The number of aldehydes is 1. The third kappa shape index (κ3) is 5.15. The summed E-state index contributed by atoms with van der Waals surface area (Å²) in [6, 6.07) is 25.5. The van der Waals surface area contributed by atoms with Crippen LogP contribution in [0.2, 0.25) is 0 Å². The minimum atomic E-state index is -0.564. The Labute approximate surface area is 216 Å². The highest BCUT2D eigenvalue weighted by Gasteiger charge is 2.37. The predicted molar refractivity (Wildman–Crippen MR) is 145 cm³/mol. The summed E-state index contributed by atoms with van der Waals surface area (Å²) in [4.78, 5) is 28.5. The van der Waals surface area contributed by atoms with Crippen molar-refractivity contribution in [3.8, 4) is 0 Å². The normalized spacial score (nSPS) is 15.9. The fraction of sp³-hybridized carbons (Fsp3) is 0.200. The minimum Gasteiger partial charge on any atom is -0.398 e. The molecule has 4 rings (SSSR count). The van der Waals surface area contributed by atoms with E-state index in [9.17, 15) is 14.7 Å². The van der Waals surface area contributed by atoms with Crippen LogP contribution in [0.4, 0.5) is 5.69 Å². The number of benzene rings is 3. The average Bonchev–Trinajstić information content (AvgIpc) is 2.89. The van der Waals surface area contributed by atoms with Gasteiger partial charge in [0, 0.05) is 45.6 Å². The van der Waals surface area contributed by atoms with Crippen molar-refractivity contribution < 1.29 is 14.7 Å². The van der Waals surface area contributed by atoms with E-state index in [-0.39, 0.29) is 12.4 Å². The Morgan fingerprint density at radius 3 is 2.36 bits per heavy atom. The Morgan fingerprint density at radius 2 is 1.69 bits per heavy atom. The number of hydrogen-bond acceptors (Lipinski definition) is 6. The molecule has 0 fully saturated rings. The van der Waals surface area contributed by atoms with Crippen molar-refractivity contribution in [2.24, 2.45) is 0 Å². The number of nitrogen functional groups attached to an aromatic ring is 1. The number of anilines is 1. The first-order valence-electron chi connectivity index (χ1n) is 11.8. The van der Waals surface area contributed by atoms with Crippen molar-refractivity contribution in [3.05, 3.63) is 118 Å². The number of thioether (sulfide) groups is 1. The van der Waals surface area contributed by atoms with Crippen LogP contribution in [-0.2, 0) is 21.9 Å². The summed E-state index contributed by atoms with van der Waals surface area (Å²) in [6.45, 7) is 3.42. The van der Waals surface area contributed by atoms with Gasteiger partial charge in [0.1, 0.15) is 6.29 Å². The minimum absolute atomic E-state index is 0.109. The molecule has 1 atom stereocenters. The molecule has 0 aromatic heterocycles. The summed E-state index contributed by atoms with van der Waals surface area (Å²) in [5.74, 6) is 0.0865. The van der Waals surface area contributed by atoms with Gasteiger partial charge in [0.05, 0.1) is 12.3 Å². The third-order valence-electron chi connectivity index (χ3n) is 6.56. The zero-order valence-electron chi connectivity index (χ0n) is 20.5. The van der Waals surface area contributed by atoms with Crippen LogP contribution in [-0.4, -0.2) is 28.7 Å². The van der Waals surface area contributed by atoms with Crippen LogP contribution in [0.3, 0.4) is 0 Å². The molecule has 1 aliphatic heterocycles. The van der Waals surface area contributed by atoms with Gasteiger partial charge in [0.25, 0.3) is 0 Å². The van der Waals surface area contributed by atoms with E-state index in [1.807, 2.05) is 78.6 Å². The maximum Gasteiger partial charge on any atom is 0.158 e. The molecule has 6 heteroatoms. The van der Waals surface area contributed by atoms with Crippen LogP contribution >= 0.6 is 11.8 Å². The van der Waals surface area contributed by atoms with Gasteiger partial charge in [-0.05, 0) is 42.7 Å². The van der Waals surface area contributed by atoms with Gasteiger partial charge in [-0.2, -0.15) is 0 Å². The first-order valence-corrected chi connectivity index (χ1v) is 12.8. The number of allylic oxidation sites excluding steroid dienone is 3. The van der Waals surface area contributed by atoms with Crippen LogP contribution in [0, 0.1) is 0 Å². The van der Waals surface area contributed by atoms with E-state index in [0.29, 0.717) is 34.8 Å². The van der Waals surface area contributed by atoms with E-state index < -0.39 is 5.92 Å². The molecule has 0 radical (unpaired) electrons. The molecule has 0 saturated heterocycles. The monoisotopic (exact) mass is 498 g/mol. The van der Waals surface area contributed by atoms with Crippen molar-refractivity contribution in [2.45, 2.75) is 37.0 Å². The maximum atomic E-state index is 13.1. The van der Waals surface area contributed by atoms with Crippen LogP contribution in [0.15, 0.2) is 106 Å². The molecule has 3 aromatic rings. The Bertz CT molecular complexity index is 1330. The molecule has 0 spiro atoms. The van der Waals surface area contributed by atoms with Gasteiger partial charge in [-0.15, -0.1) is 11.8 Å². The second-order valence-electron chi connectivity index (χ2n) is 8.76. The number of rotatable bonds is 9. The number of nitrogens with two attached hydrogens (primary N) is 1. The molecule has 0 saturated carbocycles. The lowest BCUT2D eigenvalue weighted by Gasteiger charge is -2.38. The second-order valence-corrected chi connectivity index (χ2v) is 9.78. The van der Waals surface area contributed by atoms with E-state index in [4.69, 9.17) is 5.73 Å². The van der Waals surface area contributed by atoms with Crippen LogP contribution in [0.25, 0.3) is 0 Å². The Balaban J connectivity index is 1.81. The largest absolute Gasteiger partial charge is 0.398 e. The van der Waals surface area contributed by atoms with Gasteiger partial charge in [-0.3, -0.25) is 9.59 Å². The molecule has 0 bridgehead atoms. The molecule has 184 valence electrons. The summed E-state index contributed by atoms with van der Waals surface area (Å²) in [5.41, 5.74) is 11.9. The number of ketones is 1.